The normalized spacial score (nSPS) is 32.3. The topological polar surface area (TPSA) is 44.8 Å². The quantitative estimate of drug-likeness (QED) is 0.835. The molecule has 0 radical (unpaired) electrons. The monoisotopic (exact) mass is 323 g/mol. The lowest BCUT2D eigenvalue weighted by molar-refractivity contribution is -0.136. The number of hydrogen-bond acceptors (Lipinski definition) is 4. The molecule has 1 N–H and O–H groups in total. The van der Waals surface area contributed by atoms with E-state index in [0.29, 0.717) is 0 Å². The minimum Gasteiger partial charge on any atom is -0.378 e. The van der Waals surface area contributed by atoms with Crippen molar-refractivity contribution in [2.24, 2.45) is 0 Å². The molecule has 5 nitrogen and oxygen atoms in total. The zero-order chi connectivity index (χ0) is 16.3. The second kappa shape index (κ2) is 7.49. The minimum atomic E-state index is -0.243. The maximum absolute atomic E-state index is 13.3. The third kappa shape index (κ3) is 3.42. The fourth-order valence-corrected chi connectivity index (χ4v) is 4.76. The molecule has 2 heterocycles. The Morgan fingerprint density at radius 1 is 1.13 bits per heavy atom. The molecule has 132 valence electrons. The average molecular weight is 323 g/mol. The predicted octanol–water partition coefficient (Wildman–Crippen LogP) is 1.62. The van der Waals surface area contributed by atoms with Crippen molar-refractivity contribution >= 4 is 5.91 Å². The van der Waals surface area contributed by atoms with Gasteiger partial charge in [0.15, 0.2) is 0 Å². The SMILES string of the molecule is CCN1C[C@H](NC(=O)C2(N3CCCC3)CCCCC2)[C@@H](OC)C1. The summed E-state index contributed by atoms with van der Waals surface area (Å²) in [5, 5.41) is 3.38. The van der Waals surface area contributed by atoms with E-state index in [4.69, 9.17) is 4.74 Å². The van der Waals surface area contributed by atoms with E-state index in [-0.39, 0.29) is 23.6 Å². The van der Waals surface area contributed by atoms with Crippen LogP contribution in [0.3, 0.4) is 0 Å². The van der Waals surface area contributed by atoms with Crippen LogP contribution in [-0.2, 0) is 9.53 Å². The lowest BCUT2D eigenvalue weighted by Crippen LogP contribution is -2.61. The maximum Gasteiger partial charge on any atom is 0.240 e. The summed E-state index contributed by atoms with van der Waals surface area (Å²) >= 11 is 0. The number of likely N-dealkylation sites (N-methyl/N-ethyl adjacent to an activating group) is 1. The van der Waals surface area contributed by atoms with Gasteiger partial charge in [-0.1, -0.05) is 26.2 Å². The molecule has 1 amide bonds. The van der Waals surface area contributed by atoms with Crippen molar-refractivity contribution in [2.75, 3.05) is 39.8 Å². The summed E-state index contributed by atoms with van der Waals surface area (Å²) in [6, 6.07) is 0.133. The van der Waals surface area contributed by atoms with Crippen LogP contribution in [-0.4, -0.2) is 73.2 Å². The lowest BCUT2D eigenvalue weighted by Gasteiger charge is -2.44. The van der Waals surface area contributed by atoms with Crippen LogP contribution in [0, 0.1) is 0 Å². The minimum absolute atomic E-state index is 0.123. The van der Waals surface area contributed by atoms with Crippen LogP contribution in [0.2, 0.25) is 0 Å². The predicted molar refractivity (Wildman–Crippen MR) is 91.5 cm³/mol. The fourth-order valence-electron chi connectivity index (χ4n) is 4.76. The summed E-state index contributed by atoms with van der Waals surface area (Å²) in [7, 11) is 1.76. The molecule has 0 aromatic carbocycles. The molecule has 5 heteroatoms. The Hall–Kier alpha value is -0.650. The van der Waals surface area contributed by atoms with Gasteiger partial charge in [0, 0.05) is 20.2 Å². The highest BCUT2D eigenvalue weighted by Crippen LogP contribution is 2.36. The summed E-state index contributed by atoms with van der Waals surface area (Å²) in [4.78, 5) is 18.1. The first-order valence-electron chi connectivity index (χ1n) is 9.51. The zero-order valence-electron chi connectivity index (χ0n) is 14.9. The molecule has 0 bridgehead atoms. The molecule has 2 aliphatic heterocycles. The molecule has 0 aromatic heterocycles. The number of ether oxygens (including phenoxy) is 1. The number of methoxy groups -OCH3 is 1. The van der Waals surface area contributed by atoms with Gasteiger partial charge in [-0.05, 0) is 45.3 Å². The molecule has 1 saturated carbocycles. The number of carbonyl (C=O) groups is 1. The van der Waals surface area contributed by atoms with Gasteiger partial charge in [0.1, 0.15) is 5.54 Å². The van der Waals surface area contributed by atoms with E-state index in [1.165, 1.54) is 32.1 Å². The highest BCUT2D eigenvalue weighted by molar-refractivity contribution is 5.87. The Morgan fingerprint density at radius 3 is 2.43 bits per heavy atom. The van der Waals surface area contributed by atoms with Crippen LogP contribution < -0.4 is 5.32 Å². The van der Waals surface area contributed by atoms with Crippen molar-refractivity contribution in [3.05, 3.63) is 0 Å². The van der Waals surface area contributed by atoms with Crippen LogP contribution in [0.4, 0.5) is 0 Å². The molecular weight excluding hydrogens is 290 g/mol. The van der Waals surface area contributed by atoms with Crippen LogP contribution in [0.15, 0.2) is 0 Å². The van der Waals surface area contributed by atoms with Crippen LogP contribution in [0.5, 0.6) is 0 Å². The van der Waals surface area contributed by atoms with Crippen molar-refractivity contribution in [1.29, 1.82) is 0 Å². The van der Waals surface area contributed by atoms with Crippen LogP contribution in [0.1, 0.15) is 51.9 Å². The first-order chi connectivity index (χ1) is 11.2. The summed E-state index contributed by atoms with van der Waals surface area (Å²) in [6.07, 6.45) is 8.30. The Labute approximate surface area is 140 Å². The molecule has 3 aliphatic rings. The molecule has 0 spiro atoms. The summed E-state index contributed by atoms with van der Waals surface area (Å²) in [5.41, 5.74) is -0.243. The van der Waals surface area contributed by atoms with Crippen molar-refractivity contribution in [3.8, 4) is 0 Å². The standard InChI is InChI=1S/C18H33N3O2/c1-3-20-13-15(16(14-20)23-2)19-17(22)18(9-5-4-6-10-18)21-11-7-8-12-21/h15-16H,3-14H2,1-2H3,(H,19,22)/t15-,16-/m0/s1. The third-order valence-corrected chi connectivity index (χ3v) is 6.22. The highest BCUT2D eigenvalue weighted by Gasteiger charge is 2.47. The van der Waals surface area contributed by atoms with Crippen molar-refractivity contribution < 1.29 is 9.53 Å². The molecule has 2 saturated heterocycles. The van der Waals surface area contributed by atoms with E-state index in [1.807, 2.05) is 0 Å². The van der Waals surface area contributed by atoms with Gasteiger partial charge in [-0.25, -0.2) is 0 Å². The van der Waals surface area contributed by atoms with Crippen LogP contribution >= 0.6 is 0 Å². The number of likely N-dealkylation sites (tertiary alicyclic amines) is 2. The Balaban J connectivity index is 1.71. The molecule has 0 aromatic rings. The Kier molecular flexibility index (Phi) is 5.60. The lowest BCUT2D eigenvalue weighted by atomic mass is 9.79. The maximum atomic E-state index is 13.3. The molecular formula is C18H33N3O2. The largest absolute Gasteiger partial charge is 0.378 e. The van der Waals surface area contributed by atoms with E-state index >= 15 is 0 Å². The molecule has 1 aliphatic carbocycles. The summed E-state index contributed by atoms with van der Waals surface area (Å²) < 4.78 is 5.63. The van der Waals surface area contributed by atoms with Gasteiger partial charge in [-0.3, -0.25) is 14.6 Å². The molecule has 3 fully saturated rings. The van der Waals surface area contributed by atoms with E-state index in [9.17, 15) is 4.79 Å². The van der Waals surface area contributed by atoms with Gasteiger partial charge in [0.2, 0.25) is 5.91 Å². The van der Waals surface area contributed by atoms with Gasteiger partial charge in [0.25, 0.3) is 0 Å². The fraction of sp³-hybridized carbons (Fsp3) is 0.944. The van der Waals surface area contributed by atoms with Crippen LogP contribution in [0.25, 0.3) is 0 Å². The zero-order valence-corrected chi connectivity index (χ0v) is 14.9. The molecule has 3 rings (SSSR count). The second-order valence-electron chi connectivity index (χ2n) is 7.49. The Bertz CT molecular complexity index is 403. The first kappa shape index (κ1) is 17.2. The van der Waals surface area contributed by atoms with Gasteiger partial charge in [-0.15, -0.1) is 0 Å². The number of amides is 1. The third-order valence-electron chi connectivity index (χ3n) is 6.22. The molecule has 2 atom stereocenters. The first-order valence-corrected chi connectivity index (χ1v) is 9.51. The van der Waals surface area contributed by atoms with E-state index in [0.717, 1.165) is 45.6 Å². The molecule has 0 unspecified atom stereocenters. The van der Waals surface area contributed by atoms with E-state index < -0.39 is 0 Å². The number of nitrogens with one attached hydrogen (secondary N) is 1. The number of nitrogens with zero attached hydrogens (tertiary/aromatic N) is 2. The smallest absolute Gasteiger partial charge is 0.240 e. The number of rotatable bonds is 5. The van der Waals surface area contributed by atoms with Gasteiger partial charge in [-0.2, -0.15) is 0 Å². The van der Waals surface area contributed by atoms with Crippen molar-refractivity contribution in [3.63, 3.8) is 0 Å². The molecule has 23 heavy (non-hydrogen) atoms. The number of carbonyl (C=O) groups excluding carboxylic acids is 1. The van der Waals surface area contributed by atoms with Crippen molar-refractivity contribution in [1.82, 2.24) is 15.1 Å². The summed E-state index contributed by atoms with van der Waals surface area (Å²) in [6.45, 7) is 7.21. The van der Waals surface area contributed by atoms with E-state index in [1.54, 1.807) is 7.11 Å². The Morgan fingerprint density at radius 2 is 1.83 bits per heavy atom. The van der Waals surface area contributed by atoms with Gasteiger partial charge < -0.3 is 10.1 Å². The van der Waals surface area contributed by atoms with Crippen molar-refractivity contribution in [2.45, 2.75) is 69.6 Å². The van der Waals surface area contributed by atoms with E-state index in [2.05, 4.69) is 22.0 Å². The number of hydrogen-bond donors (Lipinski definition) is 1. The summed E-state index contributed by atoms with van der Waals surface area (Å²) in [5.74, 6) is 0.268. The van der Waals surface area contributed by atoms with Gasteiger partial charge >= 0.3 is 0 Å². The van der Waals surface area contributed by atoms with Gasteiger partial charge in [0.05, 0.1) is 12.1 Å². The highest BCUT2D eigenvalue weighted by atomic mass is 16.5. The second-order valence-corrected chi connectivity index (χ2v) is 7.49. The average Bonchev–Trinajstić information content (AvgIpc) is 3.25.